The Labute approximate surface area is 142 Å². The SMILES string of the molecule is CCSc1ccc(Cl)cc1C(=O)NCC(N)(CC)CC.Cl. The molecule has 21 heavy (non-hydrogen) atoms. The molecule has 0 saturated carbocycles. The molecule has 0 radical (unpaired) electrons. The Bertz CT molecular complexity index is 465. The first-order chi connectivity index (χ1) is 9.45. The largest absolute Gasteiger partial charge is 0.350 e. The minimum atomic E-state index is -0.341. The van der Waals surface area contributed by atoms with Crippen molar-refractivity contribution in [2.45, 2.75) is 44.0 Å². The molecule has 120 valence electrons. The highest BCUT2D eigenvalue weighted by molar-refractivity contribution is 7.99. The third kappa shape index (κ3) is 6.07. The Morgan fingerprint density at radius 1 is 1.33 bits per heavy atom. The monoisotopic (exact) mass is 350 g/mol. The van der Waals surface area contributed by atoms with Crippen molar-refractivity contribution in [3.8, 4) is 0 Å². The Hall–Kier alpha value is -0.420. The van der Waals surface area contributed by atoms with E-state index in [4.69, 9.17) is 17.3 Å². The zero-order chi connectivity index (χ0) is 15.2. The number of hydrogen-bond acceptors (Lipinski definition) is 3. The first-order valence-corrected chi connectivity index (χ1v) is 8.31. The molecule has 0 fully saturated rings. The highest BCUT2D eigenvalue weighted by atomic mass is 35.5. The predicted molar refractivity (Wildman–Crippen MR) is 94.9 cm³/mol. The summed E-state index contributed by atoms with van der Waals surface area (Å²) in [5.74, 6) is 0.798. The lowest BCUT2D eigenvalue weighted by Gasteiger charge is -2.27. The van der Waals surface area contributed by atoms with Crippen LogP contribution in [0.4, 0.5) is 0 Å². The van der Waals surface area contributed by atoms with Crippen LogP contribution in [0.2, 0.25) is 5.02 Å². The molecule has 0 aliphatic rings. The van der Waals surface area contributed by atoms with Gasteiger partial charge in [-0.05, 0) is 36.8 Å². The number of halogens is 2. The summed E-state index contributed by atoms with van der Waals surface area (Å²) in [6.07, 6.45) is 1.66. The second kappa shape index (κ2) is 9.57. The van der Waals surface area contributed by atoms with Crippen molar-refractivity contribution in [3.63, 3.8) is 0 Å². The van der Waals surface area contributed by atoms with Crippen LogP contribution in [-0.2, 0) is 0 Å². The van der Waals surface area contributed by atoms with Crippen molar-refractivity contribution in [2.75, 3.05) is 12.3 Å². The normalized spacial score (nSPS) is 10.9. The Morgan fingerprint density at radius 2 is 1.95 bits per heavy atom. The number of benzene rings is 1. The van der Waals surface area contributed by atoms with E-state index >= 15 is 0 Å². The smallest absolute Gasteiger partial charge is 0.252 e. The zero-order valence-corrected chi connectivity index (χ0v) is 15.1. The van der Waals surface area contributed by atoms with E-state index in [1.165, 1.54) is 0 Å². The molecule has 0 heterocycles. The molecule has 1 rings (SSSR count). The average Bonchev–Trinajstić information content (AvgIpc) is 2.46. The molecule has 0 aliphatic carbocycles. The molecule has 0 aromatic heterocycles. The summed E-state index contributed by atoms with van der Waals surface area (Å²) in [7, 11) is 0. The first-order valence-electron chi connectivity index (χ1n) is 6.95. The fraction of sp³-hybridized carbons (Fsp3) is 0.533. The summed E-state index contributed by atoms with van der Waals surface area (Å²) in [5.41, 5.74) is 6.49. The van der Waals surface area contributed by atoms with E-state index in [1.54, 1.807) is 17.8 Å². The van der Waals surface area contributed by atoms with E-state index in [-0.39, 0.29) is 23.9 Å². The Balaban J connectivity index is 0.00000400. The number of rotatable bonds is 7. The lowest BCUT2D eigenvalue weighted by Crippen LogP contribution is -2.49. The first kappa shape index (κ1) is 20.6. The summed E-state index contributed by atoms with van der Waals surface area (Å²) >= 11 is 7.62. The number of hydrogen-bond donors (Lipinski definition) is 2. The van der Waals surface area contributed by atoms with E-state index in [1.807, 2.05) is 26.0 Å². The van der Waals surface area contributed by atoms with Gasteiger partial charge in [0.15, 0.2) is 0 Å². The van der Waals surface area contributed by atoms with Crippen LogP contribution in [0.3, 0.4) is 0 Å². The second-order valence-electron chi connectivity index (χ2n) is 4.83. The van der Waals surface area contributed by atoms with Gasteiger partial charge in [-0.1, -0.05) is 32.4 Å². The van der Waals surface area contributed by atoms with Gasteiger partial charge in [0.05, 0.1) is 5.56 Å². The summed E-state index contributed by atoms with van der Waals surface area (Å²) in [6.45, 7) is 6.60. The lowest BCUT2D eigenvalue weighted by molar-refractivity contribution is 0.0939. The Kier molecular flexibility index (Phi) is 9.38. The standard InChI is InChI=1S/C15H23ClN2OS.ClH/c1-4-15(17,5-2)10-18-14(19)12-9-11(16)7-8-13(12)20-6-3;/h7-9H,4-6,10,17H2,1-3H3,(H,18,19);1H. The minimum absolute atomic E-state index is 0. The van der Waals surface area contributed by atoms with Gasteiger partial charge in [0.2, 0.25) is 0 Å². The third-order valence-corrected chi connectivity index (χ3v) is 4.69. The number of nitrogens with one attached hydrogen (secondary N) is 1. The third-order valence-electron chi connectivity index (χ3n) is 3.50. The quantitative estimate of drug-likeness (QED) is 0.727. The second-order valence-corrected chi connectivity index (χ2v) is 6.57. The summed E-state index contributed by atoms with van der Waals surface area (Å²) in [4.78, 5) is 13.3. The molecule has 0 unspecified atom stereocenters. The molecule has 0 saturated heterocycles. The number of thioether (sulfide) groups is 1. The van der Waals surface area contributed by atoms with Crippen molar-refractivity contribution in [3.05, 3.63) is 28.8 Å². The summed E-state index contributed by atoms with van der Waals surface area (Å²) in [5, 5.41) is 3.50. The average molecular weight is 351 g/mol. The molecule has 1 aromatic rings. The fourth-order valence-corrected chi connectivity index (χ4v) is 2.77. The number of carbonyl (C=O) groups is 1. The maximum atomic E-state index is 12.3. The van der Waals surface area contributed by atoms with Crippen LogP contribution in [-0.4, -0.2) is 23.7 Å². The number of carbonyl (C=O) groups excluding carboxylic acids is 1. The lowest BCUT2D eigenvalue weighted by atomic mass is 9.94. The van der Waals surface area contributed by atoms with E-state index < -0.39 is 0 Å². The Morgan fingerprint density at radius 3 is 2.48 bits per heavy atom. The van der Waals surface area contributed by atoms with Crippen LogP contribution in [0.5, 0.6) is 0 Å². The van der Waals surface area contributed by atoms with Gasteiger partial charge in [-0.2, -0.15) is 0 Å². The van der Waals surface area contributed by atoms with E-state index in [0.29, 0.717) is 17.1 Å². The van der Waals surface area contributed by atoms with Crippen LogP contribution >= 0.6 is 35.8 Å². The van der Waals surface area contributed by atoms with Crippen LogP contribution in [0.1, 0.15) is 44.0 Å². The molecule has 0 atom stereocenters. The highest BCUT2D eigenvalue weighted by Gasteiger charge is 2.22. The molecule has 3 N–H and O–H groups in total. The zero-order valence-electron chi connectivity index (χ0n) is 12.7. The predicted octanol–water partition coefficient (Wildman–Crippen LogP) is 4.12. The molecule has 1 amide bonds. The maximum absolute atomic E-state index is 12.3. The van der Waals surface area contributed by atoms with E-state index in [2.05, 4.69) is 12.2 Å². The minimum Gasteiger partial charge on any atom is -0.350 e. The van der Waals surface area contributed by atoms with E-state index in [9.17, 15) is 4.79 Å². The van der Waals surface area contributed by atoms with Gasteiger partial charge in [-0.15, -0.1) is 24.2 Å². The molecule has 6 heteroatoms. The molecule has 1 aromatic carbocycles. The summed E-state index contributed by atoms with van der Waals surface area (Å²) < 4.78 is 0. The van der Waals surface area contributed by atoms with Crippen LogP contribution in [0.15, 0.2) is 23.1 Å². The maximum Gasteiger partial charge on any atom is 0.252 e. The molecule has 3 nitrogen and oxygen atoms in total. The van der Waals surface area contributed by atoms with Crippen molar-refractivity contribution >= 4 is 41.7 Å². The molecular formula is C15H24Cl2N2OS. The molecule has 0 spiro atoms. The van der Waals surface area contributed by atoms with Crippen molar-refractivity contribution in [1.82, 2.24) is 5.32 Å². The van der Waals surface area contributed by atoms with Gasteiger partial charge in [-0.25, -0.2) is 0 Å². The molecule has 0 aliphatic heterocycles. The van der Waals surface area contributed by atoms with Gasteiger partial charge >= 0.3 is 0 Å². The molecular weight excluding hydrogens is 327 g/mol. The van der Waals surface area contributed by atoms with Gasteiger partial charge in [0.25, 0.3) is 5.91 Å². The van der Waals surface area contributed by atoms with Gasteiger partial charge < -0.3 is 11.1 Å². The molecule has 0 bridgehead atoms. The van der Waals surface area contributed by atoms with Crippen LogP contribution in [0, 0.1) is 0 Å². The fourth-order valence-electron chi connectivity index (χ4n) is 1.81. The van der Waals surface area contributed by atoms with Crippen molar-refractivity contribution < 1.29 is 4.79 Å². The number of amides is 1. The topological polar surface area (TPSA) is 55.1 Å². The summed E-state index contributed by atoms with van der Waals surface area (Å²) in [6, 6.07) is 5.41. The van der Waals surface area contributed by atoms with Crippen molar-refractivity contribution in [2.24, 2.45) is 5.73 Å². The van der Waals surface area contributed by atoms with Gasteiger partial charge in [0.1, 0.15) is 0 Å². The van der Waals surface area contributed by atoms with E-state index in [0.717, 1.165) is 23.5 Å². The van der Waals surface area contributed by atoms with Gasteiger partial charge in [-0.3, -0.25) is 4.79 Å². The van der Waals surface area contributed by atoms with Crippen LogP contribution < -0.4 is 11.1 Å². The van der Waals surface area contributed by atoms with Crippen molar-refractivity contribution in [1.29, 1.82) is 0 Å². The number of nitrogens with two attached hydrogens (primary N) is 1. The highest BCUT2D eigenvalue weighted by Crippen LogP contribution is 2.25. The van der Waals surface area contributed by atoms with Crippen LogP contribution in [0.25, 0.3) is 0 Å². The van der Waals surface area contributed by atoms with Gasteiger partial charge in [0, 0.05) is 22.0 Å².